The molecular formula is C12H17N5O. The van der Waals surface area contributed by atoms with Gasteiger partial charge in [0, 0.05) is 12.6 Å². The van der Waals surface area contributed by atoms with Crippen LogP contribution in [0.5, 0.6) is 0 Å². The van der Waals surface area contributed by atoms with Crippen LogP contribution in [0.15, 0.2) is 10.9 Å². The number of nitrogens with zero attached hydrogens (tertiary/aromatic N) is 3. The van der Waals surface area contributed by atoms with Gasteiger partial charge in [0.05, 0.1) is 0 Å². The van der Waals surface area contributed by atoms with Crippen LogP contribution in [0.1, 0.15) is 31.5 Å². The predicted molar refractivity (Wildman–Crippen MR) is 68.8 cm³/mol. The molecule has 1 saturated carbocycles. The topological polar surface area (TPSA) is 75.1 Å². The SMILES string of the molecule is Cc1nc(NCCC2CCC2)cc2n[nH]c(=O)n12. The van der Waals surface area contributed by atoms with Gasteiger partial charge in [0.15, 0.2) is 5.65 Å². The van der Waals surface area contributed by atoms with E-state index in [1.54, 1.807) is 13.0 Å². The maximum absolute atomic E-state index is 11.4. The zero-order chi connectivity index (χ0) is 12.5. The molecule has 96 valence electrons. The number of rotatable bonds is 4. The fourth-order valence-electron chi connectivity index (χ4n) is 2.37. The van der Waals surface area contributed by atoms with Gasteiger partial charge in [-0.05, 0) is 19.3 Å². The Labute approximate surface area is 104 Å². The highest BCUT2D eigenvalue weighted by Gasteiger charge is 2.16. The van der Waals surface area contributed by atoms with Crippen molar-refractivity contribution in [2.45, 2.75) is 32.6 Å². The first-order valence-corrected chi connectivity index (χ1v) is 6.43. The second-order valence-corrected chi connectivity index (χ2v) is 4.92. The molecule has 0 spiro atoms. The average Bonchev–Trinajstić information content (AvgIpc) is 2.64. The lowest BCUT2D eigenvalue weighted by Gasteiger charge is -2.25. The number of hydrogen-bond acceptors (Lipinski definition) is 4. The van der Waals surface area contributed by atoms with Gasteiger partial charge in [-0.25, -0.2) is 19.3 Å². The van der Waals surface area contributed by atoms with Crippen LogP contribution in [-0.2, 0) is 0 Å². The van der Waals surface area contributed by atoms with E-state index < -0.39 is 0 Å². The van der Waals surface area contributed by atoms with Crippen LogP contribution < -0.4 is 11.0 Å². The predicted octanol–water partition coefficient (Wildman–Crippen LogP) is 1.33. The van der Waals surface area contributed by atoms with E-state index in [1.165, 1.54) is 30.1 Å². The summed E-state index contributed by atoms with van der Waals surface area (Å²) in [5.41, 5.74) is 0.370. The van der Waals surface area contributed by atoms with Gasteiger partial charge < -0.3 is 5.32 Å². The van der Waals surface area contributed by atoms with Gasteiger partial charge in [-0.1, -0.05) is 19.3 Å². The Balaban J connectivity index is 1.73. The second-order valence-electron chi connectivity index (χ2n) is 4.92. The van der Waals surface area contributed by atoms with Gasteiger partial charge >= 0.3 is 5.69 Å². The molecule has 2 heterocycles. The summed E-state index contributed by atoms with van der Waals surface area (Å²) in [5, 5.41) is 9.69. The molecule has 0 atom stereocenters. The summed E-state index contributed by atoms with van der Waals surface area (Å²) < 4.78 is 1.47. The molecule has 6 nitrogen and oxygen atoms in total. The molecule has 0 aliphatic heterocycles. The number of fused-ring (bicyclic) bond motifs is 1. The number of aromatic nitrogens is 4. The zero-order valence-corrected chi connectivity index (χ0v) is 10.4. The van der Waals surface area contributed by atoms with Crippen LogP contribution in [0, 0.1) is 12.8 Å². The Bertz CT molecular complexity index is 610. The van der Waals surface area contributed by atoms with Gasteiger partial charge in [-0.15, -0.1) is 0 Å². The minimum absolute atomic E-state index is 0.240. The summed E-state index contributed by atoms with van der Waals surface area (Å²) in [6, 6.07) is 1.80. The van der Waals surface area contributed by atoms with Crippen molar-refractivity contribution in [1.29, 1.82) is 0 Å². The van der Waals surface area contributed by atoms with Crippen molar-refractivity contribution in [3.05, 3.63) is 22.4 Å². The first-order chi connectivity index (χ1) is 8.74. The third-order valence-electron chi connectivity index (χ3n) is 3.65. The van der Waals surface area contributed by atoms with Crippen molar-refractivity contribution in [2.75, 3.05) is 11.9 Å². The second kappa shape index (κ2) is 4.44. The first kappa shape index (κ1) is 11.3. The Kier molecular flexibility index (Phi) is 2.77. The number of anilines is 1. The smallest absolute Gasteiger partial charge is 0.349 e. The highest BCUT2D eigenvalue weighted by molar-refractivity contribution is 5.49. The molecule has 2 aromatic rings. The Morgan fingerprint density at radius 3 is 3.11 bits per heavy atom. The Morgan fingerprint density at radius 2 is 2.39 bits per heavy atom. The van der Waals surface area contributed by atoms with Gasteiger partial charge in [0.1, 0.15) is 11.6 Å². The standard InChI is InChI=1S/C12H17N5O/c1-8-14-10(13-6-5-9-3-2-4-9)7-11-15-16-12(18)17(8)11/h7,9,13H,2-6H2,1H3,(H,16,18). The van der Waals surface area contributed by atoms with Crippen molar-refractivity contribution in [2.24, 2.45) is 5.92 Å². The highest BCUT2D eigenvalue weighted by atomic mass is 16.1. The van der Waals surface area contributed by atoms with Gasteiger partial charge in [-0.2, -0.15) is 5.10 Å². The number of hydrogen-bond donors (Lipinski definition) is 2. The van der Waals surface area contributed by atoms with Crippen molar-refractivity contribution in [1.82, 2.24) is 19.6 Å². The molecule has 6 heteroatoms. The molecule has 0 aromatic carbocycles. The lowest BCUT2D eigenvalue weighted by molar-refractivity contribution is 0.303. The summed E-state index contributed by atoms with van der Waals surface area (Å²) in [5.74, 6) is 2.33. The first-order valence-electron chi connectivity index (χ1n) is 6.43. The van der Waals surface area contributed by atoms with Crippen molar-refractivity contribution < 1.29 is 0 Å². The van der Waals surface area contributed by atoms with E-state index in [0.717, 1.165) is 18.3 Å². The number of aromatic amines is 1. The molecule has 18 heavy (non-hydrogen) atoms. The molecular weight excluding hydrogens is 230 g/mol. The molecule has 2 aromatic heterocycles. The molecule has 3 rings (SSSR count). The van der Waals surface area contributed by atoms with E-state index in [-0.39, 0.29) is 5.69 Å². The van der Waals surface area contributed by atoms with Crippen LogP contribution >= 0.6 is 0 Å². The van der Waals surface area contributed by atoms with Crippen LogP contribution in [0.4, 0.5) is 5.82 Å². The van der Waals surface area contributed by atoms with E-state index in [4.69, 9.17) is 0 Å². The summed E-state index contributed by atoms with van der Waals surface area (Å²) in [6.45, 7) is 2.74. The molecule has 1 aliphatic rings. The van der Waals surface area contributed by atoms with Crippen molar-refractivity contribution >= 4 is 11.5 Å². The van der Waals surface area contributed by atoms with Crippen molar-refractivity contribution in [3.63, 3.8) is 0 Å². The zero-order valence-electron chi connectivity index (χ0n) is 10.4. The normalized spacial score (nSPS) is 15.8. The van der Waals surface area contributed by atoms with Crippen LogP contribution in [0.25, 0.3) is 5.65 Å². The molecule has 0 bridgehead atoms. The molecule has 1 aliphatic carbocycles. The van der Waals surface area contributed by atoms with Crippen LogP contribution in [0.2, 0.25) is 0 Å². The molecule has 0 radical (unpaired) electrons. The Hall–Kier alpha value is -1.85. The van der Waals surface area contributed by atoms with Crippen LogP contribution in [-0.4, -0.2) is 26.1 Å². The van der Waals surface area contributed by atoms with E-state index in [2.05, 4.69) is 20.5 Å². The molecule has 0 unspecified atom stereocenters. The van der Waals surface area contributed by atoms with Gasteiger partial charge in [0.25, 0.3) is 0 Å². The minimum Gasteiger partial charge on any atom is -0.370 e. The quantitative estimate of drug-likeness (QED) is 0.854. The average molecular weight is 247 g/mol. The third-order valence-corrected chi connectivity index (χ3v) is 3.65. The largest absolute Gasteiger partial charge is 0.370 e. The lowest BCUT2D eigenvalue weighted by atomic mass is 9.83. The number of nitrogens with one attached hydrogen (secondary N) is 2. The maximum atomic E-state index is 11.4. The lowest BCUT2D eigenvalue weighted by Crippen LogP contribution is -2.17. The van der Waals surface area contributed by atoms with Crippen LogP contribution in [0.3, 0.4) is 0 Å². The Morgan fingerprint density at radius 1 is 1.56 bits per heavy atom. The fraction of sp³-hybridized carbons (Fsp3) is 0.583. The fourth-order valence-corrected chi connectivity index (χ4v) is 2.37. The molecule has 0 saturated heterocycles. The summed E-state index contributed by atoms with van der Waals surface area (Å²) in [4.78, 5) is 15.8. The monoisotopic (exact) mass is 247 g/mol. The summed E-state index contributed by atoms with van der Waals surface area (Å²) in [6.07, 6.45) is 5.30. The van der Waals surface area contributed by atoms with Gasteiger partial charge in [-0.3, -0.25) is 0 Å². The third kappa shape index (κ3) is 1.98. The number of aryl methyl sites for hydroxylation is 1. The van der Waals surface area contributed by atoms with E-state index in [9.17, 15) is 4.79 Å². The molecule has 0 amide bonds. The summed E-state index contributed by atoms with van der Waals surface area (Å²) in [7, 11) is 0. The molecule has 1 fully saturated rings. The van der Waals surface area contributed by atoms with E-state index in [1.807, 2.05) is 0 Å². The number of H-pyrrole nitrogens is 1. The minimum atomic E-state index is -0.240. The van der Waals surface area contributed by atoms with Gasteiger partial charge in [0.2, 0.25) is 0 Å². The van der Waals surface area contributed by atoms with Crippen molar-refractivity contribution in [3.8, 4) is 0 Å². The molecule has 2 N–H and O–H groups in total. The highest BCUT2D eigenvalue weighted by Crippen LogP contribution is 2.29. The van der Waals surface area contributed by atoms with E-state index in [0.29, 0.717) is 11.5 Å². The van der Waals surface area contributed by atoms with E-state index >= 15 is 0 Å². The maximum Gasteiger partial charge on any atom is 0.349 e. The summed E-state index contributed by atoms with van der Waals surface area (Å²) >= 11 is 0.